The van der Waals surface area contributed by atoms with Crippen LogP contribution in [0, 0.1) is 5.82 Å². The van der Waals surface area contributed by atoms with Crippen molar-refractivity contribution < 1.29 is 13.6 Å². The zero-order valence-corrected chi connectivity index (χ0v) is 17.0. The van der Waals surface area contributed by atoms with Crippen LogP contribution in [-0.4, -0.2) is 16.7 Å². The highest BCUT2D eigenvalue weighted by Gasteiger charge is 2.34. The van der Waals surface area contributed by atoms with Crippen molar-refractivity contribution in [2.45, 2.75) is 6.42 Å². The number of amidine groups is 1. The summed E-state index contributed by atoms with van der Waals surface area (Å²) < 4.78 is 19.8. The second-order valence-corrected chi connectivity index (χ2v) is 7.96. The maximum absolute atomic E-state index is 13.9. The van der Waals surface area contributed by atoms with E-state index in [-0.39, 0.29) is 10.9 Å². The summed E-state index contributed by atoms with van der Waals surface area (Å²) >= 11 is 7.10. The van der Waals surface area contributed by atoms with Gasteiger partial charge in [0, 0.05) is 12.0 Å². The third-order valence-electron chi connectivity index (χ3n) is 4.58. The van der Waals surface area contributed by atoms with Gasteiger partial charge in [0.15, 0.2) is 5.13 Å². The lowest BCUT2D eigenvalue weighted by Gasteiger charge is -2.14. The molecule has 0 saturated carbocycles. The van der Waals surface area contributed by atoms with E-state index in [2.05, 4.69) is 9.98 Å². The molecule has 148 valence electrons. The molecule has 5 rings (SSSR count). The average Bonchev–Trinajstić information content (AvgIpc) is 3.47. The Bertz CT molecular complexity index is 1270. The second kappa shape index (κ2) is 7.51. The topological polar surface area (TPSA) is 58.7 Å². The minimum Gasteiger partial charge on any atom is -0.469 e. The number of aliphatic imine (C=N–C) groups is 1. The summed E-state index contributed by atoms with van der Waals surface area (Å²) in [5.74, 6) is 0.376. The van der Waals surface area contributed by atoms with Crippen LogP contribution < -0.4 is 4.90 Å². The van der Waals surface area contributed by atoms with Gasteiger partial charge in [-0.15, -0.1) is 0 Å². The lowest BCUT2D eigenvalue weighted by molar-refractivity contribution is -0.113. The number of carbonyl (C=O) groups is 1. The zero-order valence-electron chi connectivity index (χ0n) is 15.4. The molecule has 0 fully saturated rings. The summed E-state index contributed by atoms with van der Waals surface area (Å²) in [7, 11) is 0. The Balaban J connectivity index is 1.59. The number of carbonyl (C=O) groups excluding carboxylic acids is 1. The largest absolute Gasteiger partial charge is 0.469 e. The molecule has 0 bridgehead atoms. The Morgan fingerprint density at radius 2 is 2.00 bits per heavy atom. The molecule has 0 N–H and O–H groups in total. The van der Waals surface area contributed by atoms with Crippen LogP contribution in [0.15, 0.2) is 82.0 Å². The highest BCUT2D eigenvalue weighted by molar-refractivity contribution is 7.22. The molecule has 0 atom stereocenters. The molecule has 30 heavy (non-hydrogen) atoms. The number of fused-ring (bicyclic) bond motifs is 1. The standard InChI is InChI=1S/C22H13ClFN3O2S/c23-15-11-18-19(12-16(15)24)30-22(26-18)27-20(13-5-2-1-3-6-13)25-17(21(27)28)9-8-14-7-4-10-29-14/h1-7,9-12H,8H2/b17-9-. The van der Waals surface area contributed by atoms with Crippen LogP contribution in [0.1, 0.15) is 11.3 Å². The van der Waals surface area contributed by atoms with Crippen molar-refractivity contribution in [3.8, 4) is 0 Å². The Labute approximate surface area is 179 Å². The summed E-state index contributed by atoms with van der Waals surface area (Å²) in [4.78, 5) is 23.8. The minimum atomic E-state index is -0.525. The van der Waals surface area contributed by atoms with E-state index in [0.717, 1.165) is 11.3 Å². The van der Waals surface area contributed by atoms with Gasteiger partial charge < -0.3 is 4.42 Å². The highest BCUT2D eigenvalue weighted by Crippen LogP contribution is 2.35. The van der Waals surface area contributed by atoms with Gasteiger partial charge in [-0.05, 0) is 30.3 Å². The minimum absolute atomic E-state index is 0.0110. The smallest absolute Gasteiger partial charge is 0.284 e. The third-order valence-corrected chi connectivity index (χ3v) is 5.87. The fraction of sp³-hybridized carbons (Fsp3) is 0.0455. The first-order valence-electron chi connectivity index (χ1n) is 9.07. The van der Waals surface area contributed by atoms with Crippen LogP contribution in [0.3, 0.4) is 0 Å². The van der Waals surface area contributed by atoms with Gasteiger partial charge in [-0.25, -0.2) is 19.3 Å². The molecule has 0 saturated heterocycles. The molecule has 1 aliphatic heterocycles. The molecule has 2 aromatic heterocycles. The molecule has 3 heterocycles. The molecule has 0 radical (unpaired) electrons. The molecule has 5 nitrogen and oxygen atoms in total. The number of hydrogen-bond donors (Lipinski definition) is 0. The maximum atomic E-state index is 13.9. The van der Waals surface area contributed by atoms with E-state index < -0.39 is 5.82 Å². The third kappa shape index (κ3) is 3.32. The Kier molecular flexibility index (Phi) is 4.69. The number of hydrogen-bond acceptors (Lipinski definition) is 5. The summed E-state index contributed by atoms with van der Waals surface area (Å²) in [5, 5.41) is 0.392. The molecule has 0 aliphatic carbocycles. The molecular formula is C22H13ClFN3O2S. The number of anilines is 1. The number of thiazole rings is 1. The van der Waals surface area contributed by atoms with Crippen molar-refractivity contribution in [1.29, 1.82) is 0 Å². The van der Waals surface area contributed by atoms with Crippen molar-refractivity contribution in [3.05, 3.63) is 94.8 Å². The van der Waals surface area contributed by atoms with E-state index >= 15 is 0 Å². The van der Waals surface area contributed by atoms with E-state index in [9.17, 15) is 9.18 Å². The van der Waals surface area contributed by atoms with Crippen LogP contribution in [-0.2, 0) is 11.2 Å². The quantitative estimate of drug-likeness (QED) is 0.390. The predicted octanol–water partition coefficient (Wildman–Crippen LogP) is 5.60. The number of furan rings is 1. The van der Waals surface area contributed by atoms with Gasteiger partial charge in [-0.3, -0.25) is 4.79 Å². The molecule has 4 aromatic rings. The van der Waals surface area contributed by atoms with E-state index in [1.165, 1.54) is 28.4 Å². The molecule has 0 unspecified atom stereocenters. The number of allylic oxidation sites excluding steroid dienone is 1. The van der Waals surface area contributed by atoms with Gasteiger partial charge in [0.25, 0.3) is 5.91 Å². The van der Waals surface area contributed by atoms with E-state index in [4.69, 9.17) is 16.0 Å². The van der Waals surface area contributed by atoms with Crippen molar-refractivity contribution in [1.82, 2.24) is 4.98 Å². The SMILES string of the molecule is O=C1/C(=C/Cc2ccco2)N=C(c2ccccc2)N1c1nc2cc(Cl)c(F)cc2s1. The summed E-state index contributed by atoms with van der Waals surface area (Å²) in [6.07, 6.45) is 3.75. The van der Waals surface area contributed by atoms with Crippen molar-refractivity contribution in [2.75, 3.05) is 4.90 Å². The Hall–Kier alpha value is -3.29. The van der Waals surface area contributed by atoms with E-state index in [1.807, 2.05) is 36.4 Å². The zero-order chi connectivity index (χ0) is 20.7. The van der Waals surface area contributed by atoms with E-state index in [0.29, 0.717) is 33.3 Å². The second-order valence-electron chi connectivity index (χ2n) is 6.55. The van der Waals surface area contributed by atoms with E-state index in [1.54, 1.807) is 18.4 Å². The molecular weight excluding hydrogens is 425 g/mol. The Morgan fingerprint density at radius 1 is 1.17 bits per heavy atom. The molecule has 1 amide bonds. The lowest BCUT2D eigenvalue weighted by atomic mass is 10.2. The van der Waals surface area contributed by atoms with Crippen LogP contribution in [0.4, 0.5) is 9.52 Å². The van der Waals surface area contributed by atoms with Gasteiger partial charge in [0.1, 0.15) is 23.1 Å². The summed E-state index contributed by atoms with van der Waals surface area (Å²) in [5.41, 5.74) is 1.60. The van der Waals surface area contributed by atoms with Gasteiger partial charge in [0.05, 0.1) is 21.5 Å². The van der Waals surface area contributed by atoms with Gasteiger partial charge in [-0.2, -0.15) is 0 Å². The fourth-order valence-electron chi connectivity index (χ4n) is 3.15. The number of nitrogens with zero attached hydrogens (tertiary/aromatic N) is 3. The average molecular weight is 438 g/mol. The Morgan fingerprint density at radius 3 is 2.77 bits per heavy atom. The number of amides is 1. The lowest BCUT2D eigenvalue weighted by Crippen LogP contribution is -2.32. The number of rotatable bonds is 4. The van der Waals surface area contributed by atoms with Crippen molar-refractivity contribution in [3.63, 3.8) is 0 Å². The molecule has 1 aliphatic rings. The first kappa shape index (κ1) is 18.7. The number of benzene rings is 2. The van der Waals surface area contributed by atoms with Gasteiger partial charge >= 0.3 is 0 Å². The molecule has 2 aromatic carbocycles. The van der Waals surface area contributed by atoms with Crippen LogP contribution in [0.5, 0.6) is 0 Å². The van der Waals surface area contributed by atoms with Crippen LogP contribution in [0.2, 0.25) is 5.02 Å². The first-order chi connectivity index (χ1) is 14.6. The summed E-state index contributed by atoms with van der Waals surface area (Å²) in [6, 6.07) is 15.8. The number of aromatic nitrogens is 1. The molecule has 8 heteroatoms. The van der Waals surface area contributed by atoms with Gasteiger partial charge in [-0.1, -0.05) is 53.3 Å². The molecule has 0 spiro atoms. The summed E-state index contributed by atoms with van der Waals surface area (Å²) in [6.45, 7) is 0. The highest BCUT2D eigenvalue weighted by atomic mass is 35.5. The van der Waals surface area contributed by atoms with Gasteiger partial charge in [0.2, 0.25) is 0 Å². The van der Waals surface area contributed by atoms with Crippen LogP contribution >= 0.6 is 22.9 Å². The normalized spacial score (nSPS) is 15.4. The van der Waals surface area contributed by atoms with Crippen molar-refractivity contribution >= 4 is 50.0 Å². The maximum Gasteiger partial charge on any atom is 0.284 e. The van der Waals surface area contributed by atoms with Crippen molar-refractivity contribution in [2.24, 2.45) is 4.99 Å². The first-order valence-corrected chi connectivity index (χ1v) is 10.3. The predicted molar refractivity (Wildman–Crippen MR) is 116 cm³/mol. The fourth-order valence-corrected chi connectivity index (χ4v) is 4.28. The van der Waals surface area contributed by atoms with Crippen LogP contribution in [0.25, 0.3) is 10.2 Å². The number of halogens is 2. The monoisotopic (exact) mass is 437 g/mol.